The maximum atomic E-state index is 11.5. The normalized spacial score (nSPS) is 13.1. The van der Waals surface area contributed by atoms with E-state index in [1.54, 1.807) is 0 Å². The first-order chi connectivity index (χ1) is 7.52. The molecule has 0 rings (SSSR count). The van der Waals surface area contributed by atoms with Crippen molar-refractivity contribution in [3.8, 4) is 0 Å². The minimum absolute atomic E-state index is 0.296. The van der Waals surface area contributed by atoms with Crippen LogP contribution in [0.1, 0.15) is 40.0 Å². The minimum Gasteiger partial charge on any atom is -0.317 e. The van der Waals surface area contributed by atoms with Gasteiger partial charge in [0.25, 0.3) is 0 Å². The van der Waals surface area contributed by atoms with Gasteiger partial charge in [0.2, 0.25) is 0 Å². The fourth-order valence-electron chi connectivity index (χ4n) is 1.43. The molecule has 0 saturated heterocycles. The summed E-state index contributed by atoms with van der Waals surface area (Å²) in [7, 11) is -2.82. The maximum Gasteiger partial charge on any atom is 0.150 e. The number of nitrogens with one attached hydrogen (secondary N) is 1. The van der Waals surface area contributed by atoms with Gasteiger partial charge in [-0.15, -0.1) is 0 Å². The van der Waals surface area contributed by atoms with Gasteiger partial charge in [-0.1, -0.05) is 25.5 Å². The van der Waals surface area contributed by atoms with E-state index in [0.717, 1.165) is 19.5 Å². The lowest BCUT2D eigenvalue weighted by atomic mass is 10.2. The van der Waals surface area contributed by atoms with E-state index in [1.165, 1.54) is 5.57 Å². The van der Waals surface area contributed by atoms with Crippen molar-refractivity contribution >= 4 is 9.84 Å². The number of allylic oxidation sites excluding steroid dienone is 1. The van der Waals surface area contributed by atoms with Crippen LogP contribution in [0.2, 0.25) is 0 Å². The highest BCUT2D eigenvalue weighted by molar-refractivity contribution is 7.91. The molecule has 0 saturated carbocycles. The Morgan fingerprint density at radius 1 is 1.25 bits per heavy atom. The van der Waals surface area contributed by atoms with Crippen LogP contribution in [0, 0.1) is 0 Å². The van der Waals surface area contributed by atoms with Crippen molar-refractivity contribution in [2.24, 2.45) is 0 Å². The van der Waals surface area contributed by atoms with Crippen LogP contribution in [-0.2, 0) is 9.84 Å². The summed E-state index contributed by atoms with van der Waals surface area (Å²) in [6.07, 6.45) is 4.50. The zero-order valence-corrected chi connectivity index (χ0v) is 11.6. The Morgan fingerprint density at radius 2 is 1.94 bits per heavy atom. The molecule has 0 fully saturated rings. The Kier molecular flexibility index (Phi) is 8.57. The number of hydrogen-bond acceptors (Lipinski definition) is 3. The average molecular weight is 247 g/mol. The average Bonchev–Trinajstić information content (AvgIpc) is 2.22. The van der Waals surface area contributed by atoms with Crippen molar-refractivity contribution in [1.82, 2.24) is 5.32 Å². The summed E-state index contributed by atoms with van der Waals surface area (Å²) in [5.41, 5.74) is 1.18. The van der Waals surface area contributed by atoms with Crippen molar-refractivity contribution in [2.45, 2.75) is 40.0 Å². The largest absolute Gasteiger partial charge is 0.317 e. The second-order valence-corrected chi connectivity index (χ2v) is 6.40. The lowest BCUT2D eigenvalue weighted by molar-refractivity contribution is 0.593. The summed E-state index contributed by atoms with van der Waals surface area (Å²) in [6.45, 7) is 7.94. The summed E-state index contributed by atoms with van der Waals surface area (Å²) in [5.74, 6) is 0.613. The summed E-state index contributed by atoms with van der Waals surface area (Å²) in [6, 6.07) is 0. The second kappa shape index (κ2) is 8.76. The molecule has 0 aliphatic heterocycles. The Morgan fingerprint density at radius 3 is 2.50 bits per heavy atom. The molecular weight excluding hydrogens is 222 g/mol. The first kappa shape index (κ1) is 15.7. The van der Waals surface area contributed by atoms with E-state index in [0.29, 0.717) is 24.3 Å². The first-order valence-corrected chi connectivity index (χ1v) is 7.90. The summed E-state index contributed by atoms with van der Waals surface area (Å²) in [5, 5.41) is 3.23. The van der Waals surface area contributed by atoms with E-state index in [4.69, 9.17) is 0 Å². The Bertz CT molecular complexity index is 294. The molecule has 0 heterocycles. The molecule has 0 aromatic heterocycles. The highest BCUT2D eigenvalue weighted by Gasteiger charge is 2.08. The topological polar surface area (TPSA) is 46.2 Å². The molecule has 0 unspecified atom stereocenters. The summed E-state index contributed by atoms with van der Waals surface area (Å²) < 4.78 is 22.9. The quantitative estimate of drug-likeness (QED) is 0.501. The molecule has 1 N–H and O–H groups in total. The van der Waals surface area contributed by atoms with E-state index >= 15 is 0 Å². The summed E-state index contributed by atoms with van der Waals surface area (Å²) in [4.78, 5) is 0. The SMILES string of the molecule is CCCS(=O)(=O)CCC(C)=CCCNCC. The Labute approximate surface area is 100 Å². The second-order valence-electron chi connectivity index (χ2n) is 4.09. The van der Waals surface area contributed by atoms with E-state index in [9.17, 15) is 8.42 Å². The summed E-state index contributed by atoms with van der Waals surface area (Å²) >= 11 is 0. The number of hydrogen-bond donors (Lipinski definition) is 1. The zero-order chi connectivity index (χ0) is 12.4. The van der Waals surface area contributed by atoms with Crippen LogP contribution in [0.15, 0.2) is 11.6 Å². The molecule has 0 radical (unpaired) electrons. The van der Waals surface area contributed by atoms with Crippen molar-refractivity contribution in [3.63, 3.8) is 0 Å². The number of rotatable bonds is 9. The van der Waals surface area contributed by atoms with Gasteiger partial charge in [-0.3, -0.25) is 0 Å². The fraction of sp³-hybridized carbons (Fsp3) is 0.833. The Balaban J connectivity index is 3.83. The van der Waals surface area contributed by atoms with E-state index < -0.39 is 9.84 Å². The lowest BCUT2D eigenvalue weighted by Crippen LogP contribution is -2.13. The van der Waals surface area contributed by atoms with Crippen LogP contribution in [0.4, 0.5) is 0 Å². The van der Waals surface area contributed by atoms with E-state index in [1.807, 2.05) is 13.8 Å². The van der Waals surface area contributed by atoms with Gasteiger partial charge < -0.3 is 5.32 Å². The monoisotopic (exact) mass is 247 g/mol. The van der Waals surface area contributed by atoms with Crippen LogP contribution in [0.25, 0.3) is 0 Å². The van der Waals surface area contributed by atoms with Crippen molar-refractivity contribution in [3.05, 3.63) is 11.6 Å². The van der Waals surface area contributed by atoms with Gasteiger partial charge in [-0.2, -0.15) is 0 Å². The van der Waals surface area contributed by atoms with Gasteiger partial charge in [-0.05, 0) is 39.3 Å². The molecule has 0 bridgehead atoms. The third-order valence-corrected chi connectivity index (χ3v) is 4.24. The number of sulfone groups is 1. The van der Waals surface area contributed by atoms with Gasteiger partial charge >= 0.3 is 0 Å². The van der Waals surface area contributed by atoms with Gasteiger partial charge in [0, 0.05) is 5.75 Å². The first-order valence-electron chi connectivity index (χ1n) is 6.08. The third-order valence-electron chi connectivity index (χ3n) is 2.39. The van der Waals surface area contributed by atoms with E-state index in [2.05, 4.69) is 18.3 Å². The van der Waals surface area contributed by atoms with Gasteiger partial charge in [0.05, 0.1) is 5.75 Å². The molecule has 0 aromatic rings. The molecule has 0 aliphatic carbocycles. The highest BCUT2D eigenvalue weighted by atomic mass is 32.2. The molecule has 0 amide bonds. The van der Waals surface area contributed by atoms with Crippen LogP contribution in [-0.4, -0.2) is 33.0 Å². The van der Waals surface area contributed by atoms with Crippen LogP contribution in [0.3, 0.4) is 0 Å². The third kappa shape index (κ3) is 8.92. The van der Waals surface area contributed by atoms with Gasteiger partial charge in [0.15, 0.2) is 9.84 Å². The lowest BCUT2D eigenvalue weighted by Gasteiger charge is -2.03. The standard InChI is InChI=1S/C12H25NO2S/c1-4-10-16(14,15)11-8-12(3)7-6-9-13-5-2/h7,13H,4-6,8-11H2,1-3H3. The fourth-order valence-corrected chi connectivity index (χ4v) is 2.89. The predicted molar refractivity (Wildman–Crippen MR) is 70.5 cm³/mol. The zero-order valence-electron chi connectivity index (χ0n) is 10.8. The molecule has 4 heteroatoms. The predicted octanol–water partition coefficient (Wildman–Crippen LogP) is 2.15. The molecular formula is C12H25NO2S. The molecule has 0 atom stereocenters. The van der Waals surface area contributed by atoms with Crippen molar-refractivity contribution < 1.29 is 8.42 Å². The molecule has 96 valence electrons. The van der Waals surface area contributed by atoms with Crippen molar-refractivity contribution in [1.29, 1.82) is 0 Å². The van der Waals surface area contributed by atoms with Crippen LogP contribution < -0.4 is 5.32 Å². The Hall–Kier alpha value is -0.350. The molecule has 0 aliphatic rings. The van der Waals surface area contributed by atoms with Crippen LogP contribution >= 0.6 is 0 Å². The van der Waals surface area contributed by atoms with Gasteiger partial charge in [0.1, 0.15) is 0 Å². The molecule has 0 spiro atoms. The molecule has 0 aromatic carbocycles. The smallest absolute Gasteiger partial charge is 0.150 e. The maximum absolute atomic E-state index is 11.5. The van der Waals surface area contributed by atoms with Crippen LogP contribution in [0.5, 0.6) is 0 Å². The highest BCUT2D eigenvalue weighted by Crippen LogP contribution is 2.05. The van der Waals surface area contributed by atoms with Crippen molar-refractivity contribution in [2.75, 3.05) is 24.6 Å². The molecule has 3 nitrogen and oxygen atoms in total. The van der Waals surface area contributed by atoms with E-state index in [-0.39, 0.29) is 0 Å². The minimum atomic E-state index is -2.82. The molecule has 16 heavy (non-hydrogen) atoms. The van der Waals surface area contributed by atoms with Gasteiger partial charge in [-0.25, -0.2) is 8.42 Å².